The van der Waals surface area contributed by atoms with Crippen LogP contribution < -0.4 is 15.3 Å². The average molecular weight is 426 g/mol. The van der Waals surface area contributed by atoms with Crippen molar-refractivity contribution in [1.82, 2.24) is 9.55 Å². The highest BCUT2D eigenvalue weighted by Gasteiger charge is 2.30. The summed E-state index contributed by atoms with van der Waals surface area (Å²) in [6.07, 6.45) is 2.16. The zero-order valence-corrected chi connectivity index (χ0v) is 17.7. The van der Waals surface area contributed by atoms with Gasteiger partial charge in [-0.25, -0.2) is 13.2 Å². The Labute approximate surface area is 174 Å². The highest BCUT2D eigenvalue weighted by molar-refractivity contribution is 7.92. The number of hydrogen-bond donors (Lipinski definition) is 2. The standard InChI is InChI=1S/C21H22N4O4S/c1-13-10-16-11-17(8-9-19(16)24(13)15(3)26)30(28,29)23-18-6-4-5-7-20(18)25-14(2)12-22-21(25)27/h4-9,11-13,23H,10H2,1-3H3,(H,22,27). The monoisotopic (exact) mass is 426 g/mol. The van der Waals surface area contributed by atoms with E-state index in [9.17, 15) is 18.0 Å². The predicted octanol–water partition coefficient (Wildman–Crippen LogP) is 2.57. The van der Waals surface area contributed by atoms with E-state index < -0.39 is 10.0 Å². The smallest absolute Gasteiger partial charge is 0.312 e. The van der Waals surface area contributed by atoms with E-state index in [1.165, 1.54) is 17.6 Å². The summed E-state index contributed by atoms with van der Waals surface area (Å²) in [6, 6.07) is 11.5. The fourth-order valence-corrected chi connectivity index (χ4v) is 5.09. The maximum absolute atomic E-state index is 13.1. The van der Waals surface area contributed by atoms with Gasteiger partial charge in [0, 0.05) is 30.5 Å². The van der Waals surface area contributed by atoms with E-state index in [1.807, 2.05) is 6.92 Å². The van der Waals surface area contributed by atoms with Gasteiger partial charge in [0.15, 0.2) is 0 Å². The minimum atomic E-state index is -3.91. The third kappa shape index (κ3) is 3.30. The molecule has 2 heterocycles. The summed E-state index contributed by atoms with van der Waals surface area (Å²) in [5.41, 5.74) is 2.58. The molecule has 8 nitrogen and oxygen atoms in total. The van der Waals surface area contributed by atoms with Crippen LogP contribution in [0.1, 0.15) is 25.1 Å². The van der Waals surface area contributed by atoms with Crippen LogP contribution >= 0.6 is 0 Å². The first-order chi connectivity index (χ1) is 14.2. The van der Waals surface area contributed by atoms with Gasteiger partial charge in [-0.1, -0.05) is 12.1 Å². The second-order valence-corrected chi connectivity index (χ2v) is 9.11. The number of carbonyl (C=O) groups excluding carboxylic acids is 1. The van der Waals surface area contributed by atoms with Crippen LogP contribution in [0.2, 0.25) is 0 Å². The second-order valence-electron chi connectivity index (χ2n) is 7.43. The van der Waals surface area contributed by atoms with Gasteiger partial charge in [0.2, 0.25) is 5.91 Å². The van der Waals surface area contributed by atoms with Crippen LogP contribution in [-0.4, -0.2) is 29.9 Å². The molecule has 156 valence electrons. The Bertz CT molecular complexity index is 1310. The van der Waals surface area contributed by atoms with Gasteiger partial charge in [0.1, 0.15) is 0 Å². The number of aromatic nitrogens is 2. The number of amides is 1. The average Bonchev–Trinajstić information content (AvgIpc) is 3.19. The number of aromatic amines is 1. The van der Waals surface area contributed by atoms with E-state index in [0.717, 1.165) is 11.3 Å². The van der Waals surface area contributed by atoms with Gasteiger partial charge in [-0.05, 0) is 56.2 Å². The quantitative estimate of drug-likeness (QED) is 0.669. The van der Waals surface area contributed by atoms with Crippen LogP contribution in [0.5, 0.6) is 0 Å². The molecule has 9 heteroatoms. The Kier molecular flexibility index (Phi) is 4.77. The third-order valence-electron chi connectivity index (χ3n) is 5.27. The number of hydrogen-bond acceptors (Lipinski definition) is 4. The minimum absolute atomic E-state index is 0.0208. The number of imidazole rings is 1. The highest BCUT2D eigenvalue weighted by Crippen LogP contribution is 2.34. The van der Waals surface area contributed by atoms with Gasteiger partial charge in [-0.3, -0.25) is 14.1 Å². The Morgan fingerprint density at radius 1 is 1.17 bits per heavy atom. The topological polar surface area (TPSA) is 104 Å². The van der Waals surface area contributed by atoms with E-state index >= 15 is 0 Å². The lowest BCUT2D eigenvalue weighted by Crippen LogP contribution is -2.33. The van der Waals surface area contributed by atoms with Gasteiger partial charge in [-0.2, -0.15) is 0 Å². The number of aryl methyl sites for hydroxylation is 1. The number of rotatable bonds is 4. The molecule has 0 fully saturated rings. The summed E-state index contributed by atoms with van der Waals surface area (Å²) in [5.74, 6) is -0.0729. The van der Waals surface area contributed by atoms with Crippen molar-refractivity contribution >= 4 is 27.3 Å². The maximum atomic E-state index is 13.1. The fourth-order valence-electron chi connectivity index (χ4n) is 3.97. The number of anilines is 2. The molecule has 4 rings (SSSR count). The zero-order chi connectivity index (χ0) is 21.6. The number of nitrogens with one attached hydrogen (secondary N) is 2. The van der Waals surface area contributed by atoms with Crippen molar-refractivity contribution in [1.29, 1.82) is 0 Å². The van der Waals surface area contributed by atoms with Crippen LogP contribution in [0.15, 0.2) is 58.4 Å². The summed E-state index contributed by atoms with van der Waals surface area (Å²) in [6.45, 7) is 5.19. The maximum Gasteiger partial charge on any atom is 0.330 e. The van der Waals surface area contributed by atoms with E-state index in [4.69, 9.17) is 0 Å². The molecule has 0 saturated carbocycles. The number of carbonyl (C=O) groups is 1. The van der Waals surface area contributed by atoms with Crippen LogP contribution in [0.3, 0.4) is 0 Å². The summed E-state index contributed by atoms with van der Waals surface area (Å²) >= 11 is 0. The molecule has 2 N–H and O–H groups in total. The Morgan fingerprint density at radius 2 is 1.90 bits per heavy atom. The predicted molar refractivity (Wildman–Crippen MR) is 115 cm³/mol. The van der Waals surface area contributed by atoms with Crippen molar-refractivity contribution in [2.24, 2.45) is 0 Å². The highest BCUT2D eigenvalue weighted by atomic mass is 32.2. The molecule has 0 aliphatic carbocycles. The zero-order valence-electron chi connectivity index (χ0n) is 16.8. The Hall–Kier alpha value is -3.33. The normalized spacial score (nSPS) is 15.8. The molecule has 1 atom stereocenters. The van der Waals surface area contributed by atoms with E-state index in [0.29, 0.717) is 23.5 Å². The number of para-hydroxylation sites is 2. The van der Waals surface area contributed by atoms with E-state index in [-0.39, 0.29) is 22.5 Å². The Balaban J connectivity index is 1.72. The van der Waals surface area contributed by atoms with Gasteiger partial charge in [0.05, 0.1) is 16.3 Å². The molecular weight excluding hydrogens is 404 g/mol. The lowest BCUT2D eigenvalue weighted by molar-refractivity contribution is -0.116. The first-order valence-corrected chi connectivity index (χ1v) is 11.0. The van der Waals surface area contributed by atoms with Crippen molar-refractivity contribution in [2.45, 2.75) is 38.1 Å². The molecular formula is C21H22N4O4S. The number of fused-ring (bicyclic) bond motifs is 1. The van der Waals surface area contributed by atoms with Crippen molar-refractivity contribution in [2.75, 3.05) is 9.62 Å². The molecule has 1 amide bonds. The molecule has 0 spiro atoms. The summed E-state index contributed by atoms with van der Waals surface area (Å²) in [5, 5.41) is 0. The lowest BCUT2D eigenvalue weighted by atomic mass is 10.1. The molecule has 1 unspecified atom stereocenters. The molecule has 0 radical (unpaired) electrons. The van der Waals surface area contributed by atoms with Gasteiger partial charge < -0.3 is 9.88 Å². The minimum Gasteiger partial charge on any atom is -0.312 e. The van der Waals surface area contributed by atoms with Crippen LogP contribution in [-0.2, 0) is 21.2 Å². The molecule has 1 aliphatic rings. The fraction of sp³-hybridized carbons (Fsp3) is 0.238. The number of H-pyrrole nitrogens is 1. The van der Waals surface area contributed by atoms with Crippen molar-refractivity contribution in [3.8, 4) is 5.69 Å². The summed E-state index contributed by atoms with van der Waals surface area (Å²) in [4.78, 5) is 28.5. The number of nitrogens with zero attached hydrogens (tertiary/aromatic N) is 2. The first-order valence-electron chi connectivity index (χ1n) is 9.51. The second kappa shape index (κ2) is 7.17. The molecule has 30 heavy (non-hydrogen) atoms. The molecule has 3 aromatic rings. The van der Waals surface area contributed by atoms with Crippen LogP contribution in [0.25, 0.3) is 5.69 Å². The largest absolute Gasteiger partial charge is 0.330 e. The lowest BCUT2D eigenvalue weighted by Gasteiger charge is -2.20. The number of benzene rings is 2. The molecule has 0 saturated heterocycles. The van der Waals surface area contributed by atoms with Gasteiger partial charge in [0.25, 0.3) is 10.0 Å². The molecule has 2 aromatic carbocycles. The summed E-state index contributed by atoms with van der Waals surface area (Å²) in [7, 11) is -3.91. The molecule has 1 aromatic heterocycles. The van der Waals surface area contributed by atoms with E-state index in [1.54, 1.807) is 54.4 Å². The first kappa shape index (κ1) is 20.0. The van der Waals surface area contributed by atoms with Crippen LogP contribution in [0, 0.1) is 6.92 Å². The van der Waals surface area contributed by atoms with Crippen molar-refractivity contribution in [3.63, 3.8) is 0 Å². The SMILES string of the molecule is CC(=O)N1c2ccc(S(=O)(=O)Nc3ccccc3-n3c(C)c[nH]c3=O)cc2CC1C. The molecule has 1 aliphatic heterocycles. The van der Waals surface area contributed by atoms with Gasteiger partial charge in [-0.15, -0.1) is 0 Å². The Morgan fingerprint density at radius 3 is 2.57 bits per heavy atom. The van der Waals surface area contributed by atoms with Gasteiger partial charge >= 0.3 is 5.69 Å². The van der Waals surface area contributed by atoms with Crippen LogP contribution in [0.4, 0.5) is 11.4 Å². The van der Waals surface area contributed by atoms with Crippen molar-refractivity contribution in [3.05, 3.63) is 70.4 Å². The molecule has 0 bridgehead atoms. The van der Waals surface area contributed by atoms with E-state index in [2.05, 4.69) is 9.71 Å². The number of sulfonamides is 1. The van der Waals surface area contributed by atoms with Crippen molar-refractivity contribution < 1.29 is 13.2 Å². The summed E-state index contributed by atoms with van der Waals surface area (Å²) < 4.78 is 30.2. The third-order valence-corrected chi connectivity index (χ3v) is 6.63.